The van der Waals surface area contributed by atoms with E-state index in [1.807, 2.05) is 0 Å². The van der Waals surface area contributed by atoms with Crippen LogP contribution in [0, 0.1) is 5.92 Å². The van der Waals surface area contributed by atoms with Crippen LogP contribution in [-0.4, -0.2) is 37.2 Å². The lowest BCUT2D eigenvalue weighted by molar-refractivity contribution is -0.167. The van der Waals surface area contributed by atoms with E-state index in [-0.39, 0.29) is 31.1 Å². The summed E-state index contributed by atoms with van der Waals surface area (Å²) in [4.78, 5) is 37.9. The summed E-state index contributed by atoms with van der Waals surface area (Å²) in [5.74, 6) is -0.0207. The highest BCUT2D eigenvalue weighted by Crippen LogP contribution is 2.17. The molecule has 0 saturated carbocycles. The second kappa shape index (κ2) is 48.4. The highest BCUT2D eigenvalue weighted by molar-refractivity contribution is 5.71. The molecule has 0 aromatic rings. The lowest BCUT2D eigenvalue weighted by Gasteiger charge is -2.18. The molecule has 6 heteroatoms. The van der Waals surface area contributed by atoms with Gasteiger partial charge in [0.05, 0.1) is 0 Å². The van der Waals surface area contributed by atoms with Crippen LogP contribution < -0.4 is 0 Å². The molecule has 0 aliphatic rings. The number of unbranched alkanes of at least 4 members (excludes halogenated alkanes) is 36. The Morgan fingerprint density at radius 3 is 0.817 bits per heavy atom. The fourth-order valence-electron chi connectivity index (χ4n) is 8.22. The maximum absolute atomic E-state index is 12.8. The molecular formula is C54H104O6. The summed E-state index contributed by atoms with van der Waals surface area (Å²) in [5.41, 5.74) is 0. The second-order valence-corrected chi connectivity index (χ2v) is 19.0. The van der Waals surface area contributed by atoms with Gasteiger partial charge in [-0.1, -0.05) is 265 Å². The van der Waals surface area contributed by atoms with Gasteiger partial charge in [0, 0.05) is 19.3 Å². The summed E-state index contributed by atoms with van der Waals surface area (Å²) in [7, 11) is 0. The number of carbonyl (C=O) groups is 3. The topological polar surface area (TPSA) is 78.9 Å². The molecule has 0 heterocycles. The molecule has 6 nitrogen and oxygen atoms in total. The maximum Gasteiger partial charge on any atom is 0.306 e. The Morgan fingerprint density at radius 2 is 0.550 bits per heavy atom. The molecule has 0 amide bonds. The third-order valence-corrected chi connectivity index (χ3v) is 12.3. The fraction of sp³-hybridized carbons (Fsp3) is 0.944. The van der Waals surface area contributed by atoms with Crippen molar-refractivity contribution in [3.05, 3.63) is 0 Å². The molecule has 0 aromatic carbocycles. The quantitative estimate of drug-likeness (QED) is 0.0345. The first-order chi connectivity index (χ1) is 29.4. The van der Waals surface area contributed by atoms with Gasteiger partial charge in [-0.05, 0) is 25.2 Å². The van der Waals surface area contributed by atoms with Gasteiger partial charge in [0.15, 0.2) is 6.10 Å². The zero-order chi connectivity index (χ0) is 43.8. The smallest absolute Gasteiger partial charge is 0.306 e. The summed E-state index contributed by atoms with van der Waals surface area (Å²) in [6, 6.07) is 0. The molecule has 0 bridgehead atoms. The van der Waals surface area contributed by atoms with E-state index in [9.17, 15) is 14.4 Å². The van der Waals surface area contributed by atoms with Crippen molar-refractivity contribution in [1.29, 1.82) is 0 Å². The molecule has 0 N–H and O–H groups in total. The molecule has 0 fully saturated rings. The van der Waals surface area contributed by atoms with Gasteiger partial charge in [-0.3, -0.25) is 14.4 Å². The van der Waals surface area contributed by atoms with Gasteiger partial charge < -0.3 is 14.2 Å². The van der Waals surface area contributed by atoms with Gasteiger partial charge >= 0.3 is 17.9 Å². The number of esters is 3. The lowest BCUT2D eigenvalue weighted by atomic mass is 10.0. The van der Waals surface area contributed by atoms with Gasteiger partial charge in [0.1, 0.15) is 13.2 Å². The van der Waals surface area contributed by atoms with Crippen LogP contribution in [-0.2, 0) is 28.6 Å². The highest BCUT2D eigenvalue weighted by atomic mass is 16.6. The second-order valence-electron chi connectivity index (χ2n) is 19.0. The third-order valence-electron chi connectivity index (χ3n) is 12.3. The Hall–Kier alpha value is -1.59. The lowest BCUT2D eigenvalue weighted by Crippen LogP contribution is -2.30. The first kappa shape index (κ1) is 58.4. The van der Waals surface area contributed by atoms with Gasteiger partial charge in [0.2, 0.25) is 0 Å². The Balaban J connectivity index is 4.21. The van der Waals surface area contributed by atoms with Gasteiger partial charge in [-0.2, -0.15) is 0 Å². The van der Waals surface area contributed by atoms with Crippen molar-refractivity contribution in [1.82, 2.24) is 0 Å². The Morgan fingerprint density at radius 1 is 0.317 bits per heavy atom. The Kier molecular flexibility index (Phi) is 47.2. The summed E-state index contributed by atoms with van der Waals surface area (Å²) < 4.78 is 16.8. The van der Waals surface area contributed by atoms with E-state index in [1.54, 1.807) is 0 Å². The van der Waals surface area contributed by atoms with Crippen molar-refractivity contribution < 1.29 is 28.6 Å². The molecule has 60 heavy (non-hydrogen) atoms. The Labute approximate surface area is 374 Å². The van der Waals surface area contributed by atoms with Gasteiger partial charge in [-0.15, -0.1) is 0 Å². The number of hydrogen-bond acceptors (Lipinski definition) is 6. The van der Waals surface area contributed by atoms with E-state index in [2.05, 4.69) is 27.7 Å². The molecule has 0 aliphatic carbocycles. The van der Waals surface area contributed by atoms with E-state index in [1.165, 1.54) is 199 Å². The standard InChI is InChI=1S/C54H104O6/c1-5-7-9-11-13-15-16-17-18-19-20-21-22-23-26-30-34-38-42-46-53(56)59-49-51(48-58-52(55)45-41-37-33-28-14-12-10-8-6-2)60-54(57)47-43-39-35-31-27-24-25-29-32-36-40-44-50(3)4/h50-51H,5-49H2,1-4H3/t51-/m1/s1. The van der Waals surface area contributed by atoms with Gasteiger partial charge in [-0.25, -0.2) is 0 Å². The minimum absolute atomic E-state index is 0.0628. The molecule has 356 valence electrons. The molecule has 0 saturated heterocycles. The summed E-state index contributed by atoms with van der Waals surface area (Å²) in [5, 5.41) is 0. The first-order valence-corrected chi connectivity index (χ1v) is 26.9. The molecular weight excluding hydrogens is 745 g/mol. The van der Waals surface area contributed by atoms with E-state index < -0.39 is 6.10 Å². The van der Waals surface area contributed by atoms with E-state index >= 15 is 0 Å². The molecule has 0 radical (unpaired) electrons. The Bertz CT molecular complexity index is 903. The predicted molar refractivity (Wildman–Crippen MR) is 257 cm³/mol. The van der Waals surface area contributed by atoms with E-state index in [0.717, 1.165) is 63.7 Å². The average Bonchev–Trinajstić information content (AvgIpc) is 3.23. The number of ether oxygens (including phenoxy) is 3. The van der Waals surface area contributed by atoms with Crippen LogP contribution in [0.5, 0.6) is 0 Å². The molecule has 0 aliphatic heterocycles. The third kappa shape index (κ3) is 47.5. The van der Waals surface area contributed by atoms with Crippen LogP contribution in [0.25, 0.3) is 0 Å². The molecule has 0 rings (SSSR count). The van der Waals surface area contributed by atoms with Crippen LogP contribution in [0.3, 0.4) is 0 Å². The number of carbonyl (C=O) groups excluding carboxylic acids is 3. The van der Waals surface area contributed by atoms with Crippen molar-refractivity contribution in [3.63, 3.8) is 0 Å². The first-order valence-electron chi connectivity index (χ1n) is 26.9. The molecule has 0 spiro atoms. The fourth-order valence-corrected chi connectivity index (χ4v) is 8.22. The molecule has 1 atom stereocenters. The summed E-state index contributed by atoms with van der Waals surface area (Å²) >= 11 is 0. The molecule has 0 aromatic heterocycles. The monoisotopic (exact) mass is 849 g/mol. The zero-order valence-corrected chi connectivity index (χ0v) is 40.9. The average molecular weight is 849 g/mol. The van der Waals surface area contributed by atoms with E-state index in [4.69, 9.17) is 14.2 Å². The number of hydrogen-bond donors (Lipinski definition) is 0. The van der Waals surface area contributed by atoms with Crippen LogP contribution in [0.15, 0.2) is 0 Å². The minimum atomic E-state index is -0.760. The van der Waals surface area contributed by atoms with Crippen LogP contribution >= 0.6 is 0 Å². The molecule has 0 unspecified atom stereocenters. The van der Waals surface area contributed by atoms with Gasteiger partial charge in [0.25, 0.3) is 0 Å². The van der Waals surface area contributed by atoms with Crippen LogP contribution in [0.4, 0.5) is 0 Å². The van der Waals surface area contributed by atoms with Crippen molar-refractivity contribution in [3.8, 4) is 0 Å². The minimum Gasteiger partial charge on any atom is -0.462 e. The van der Waals surface area contributed by atoms with E-state index in [0.29, 0.717) is 19.3 Å². The maximum atomic E-state index is 12.8. The summed E-state index contributed by atoms with van der Waals surface area (Å²) in [6.07, 6.45) is 51.0. The highest BCUT2D eigenvalue weighted by Gasteiger charge is 2.19. The number of rotatable bonds is 49. The van der Waals surface area contributed by atoms with Crippen molar-refractivity contribution in [2.75, 3.05) is 13.2 Å². The largest absolute Gasteiger partial charge is 0.462 e. The van der Waals surface area contributed by atoms with Crippen LogP contribution in [0.2, 0.25) is 0 Å². The summed E-state index contributed by atoms with van der Waals surface area (Å²) in [6.45, 7) is 9.01. The van der Waals surface area contributed by atoms with Crippen molar-refractivity contribution >= 4 is 17.9 Å². The van der Waals surface area contributed by atoms with Crippen molar-refractivity contribution in [2.24, 2.45) is 5.92 Å². The zero-order valence-electron chi connectivity index (χ0n) is 40.9. The normalized spacial score (nSPS) is 11.9. The van der Waals surface area contributed by atoms with Crippen molar-refractivity contribution in [2.45, 2.75) is 310 Å². The van der Waals surface area contributed by atoms with Crippen LogP contribution in [0.1, 0.15) is 304 Å². The SMILES string of the molecule is CCCCCCCCCCCCCCCCCCCCCC(=O)OC[C@@H](COC(=O)CCCCCCCCCCC)OC(=O)CCCCCCCCCCCCCC(C)C. The predicted octanol–water partition coefficient (Wildman–Crippen LogP) is 17.5.